The third-order valence-electron chi connectivity index (χ3n) is 7.07. The van der Waals surface area contributed by atoms with Crippen molar-refractivity contribution >= 4 is 34.9 Å². The summed E-state index contributed by atoms with van der Waals surface area (Å²) in [7, 11) is 0. The molecule has 4 aromatic rings. The van der Waals surface area contributed by atoms with Gasteiger partial charge in [0.2, 0.25) is 0 Å². The fraction of sp³-hybridized carbons (Fsp3) is 0.303. The molecule has 0 N–H and O–H groups in total. The van der Waals surface area contributed by atoms with Crippen LogP contribution in [0.15, 0.2) is 64.3 Å². The van der Waals surface area contributed by atoms with Crippen LogP contribution in [0.3, 0.4) is 0 Å². The van der Waals surface area contributed by atoms with E-state index in [9.17, 15) is 9.59 Å². The summed E-state index contributed by atoms with van der Waals surface area (Å²) in [4.78, 5) is 35.4. The lowest BCUT2D eigenvalue weighted by molar-refractivity contribution is 0.0723. The molecule has 3 heterocycles. The number of carbonyl (C=O) groups excluding carboxylic acids is 1. The van der Waals surface area contributed by atoms with E-state index in [0.717, 1.165) is 41.7 Å². The number of amides is 1. The molecule has 6 nitrogen and oxygen atoms in total. The Hall–Kier alpha value is -3.68. The van der Waals surface area contributed by atoms with Gasteiger partial charge in [-0.15, -0.1) is 11.3 Å². The van der Waals surface area contributed by atoms with Gasteiger partial charge >= 0.3 is 0 Å². The van der Waals surface area contributed by atoms with E-state index in [-0.39, 0.29) is 11.5 Å². The number of hydrogen-bond acceptors (Lipinski definition) is 5. The van der Waals surface area contributed by atoms with E-state index < -0.39 is 0 Å². The molecule has 0 saturated carbocycles. The van der Waals surface area contributed by atoms with Crippen molar-refractivity contribution in [3.63, 3.8) is 0 Å². The van der Waals surface area contributed by atoms with Crippen LogP contribution in [-0.2, 0) is 0 Å². The Morgan fingerprint density at radius 2 is 1.80 bits per heavy atom. The van der Waals surface area contributed by atoms with Gasteiger partial charge in [0.1, 0.15) is 10.8 Å². The Bertz CT molecular complexity index is 1660. The lowest BCUT2D eigenvalue weighted by Crippen LogP contribution is -2.37. The van der Waals surface area contributed by atoms with Crippen molar-refractivity contribution in [3.05, 3.63) is 91.7 Å². The smallest absolute Gasteiger partial charge is 0.266 e. The summed E-state index contributed by atoms with van der Waals surface area (Å²) in [6.45, 7) is 9.68. The van der Waals surface area contributed by atoms with E-state index in [1.54, 1.807) is 10.6 Å². The number of pyridine rings is 1. The van der Waals surface area contributed by atoms with Gasteiger partial charge in [-0.1, -0.05) is 35.4 Å². The number of rotatable bonds is 7. The van der Waals surface area contributed by atoms with Gasteiger partial charge in [0.05, 0.1) is 34.8 Å². The van der Waals surface area contributed by atoms with Crippen molar-refractivity contribution in [2.45, 2.75) is 47.0 Å². The summed E-state index contributed by atoms with van der Waals surface area (Å²) in [5.74, 6) is 0.505. The van der Waals surface area contributed by atoms with Gasteiger partial charge < -0.3 is 9.64 Å². The number of piperidine rings is 1. The zero-order chi connectivity index (χ0) is 29.1. The first-order chi connectivity index (χ1) is 19.8. The molecule has 1 fully saturated rings. The third kappa shape index (κ3) is 6.16. The molecule has 0 atom stereocenters. The van der Waals surface area contributed by atoms with Gasteiger partial charge in [0.25, 0.3) is 11.5 Å². The molecule has 0 bridgehead atoms. The van der Waals surface area contributed by atoms with Crippen LogP contribution in [0.1, 0.15) is 61.6 Å². The third-order valence-corrected chi connectivity index (χ3v) is 8.20. The fourth-order valence-corrected chi connectivity index (χ4v) is 6.07. The average Bonchev–Trinajstić information content (AvgIpc) is 3.45. The minimum Gasteiger partial charge on any atom is -0.492 e. The van der Waals surface area contributed by atoms with Crippen LogP contribution in [0.25, 0.3) is 33.6 Å². The first-order valence-corrected chi connectivity index (χ1v) is 15.2. The molecule has 1 amide bonds. The Balaban J connectivity index is 1.80. The number of hydrogen-bond donors (Lipinski definition) is 0. The van der Waals surface area contributed by atoms with Crippen LogP contribution in [0.5, 0.6) is 5.75 Å². The van der Waals surface area contributed by atoms with Crippen LogP contribution in [0.4, 0.5) is 0 Å². The standard InChI is InChI=1S/C33H34ClN3O3S/c1-5-40-30-14-9-22(4)18-29(30)37-28(17-21(2)3)25(32(38)36-15-7-6-8-16-36)19-26(33(37)39)31-35-27(20-41-31)23-10-12-24(34)13-11-23/h9-14,17-20H,5-8,15-16H2,1-4H3. The summed E-state index contributed by atoms with van der Waals surface area (Å²) in [5, 5.41) is 3.12. The van der Waals surface area contributed by atoms with E-state index in [1.165, 1.54) is 11.3 Å². The van der Waals surface area contributed by atoms with E-state index in [4.69, 9.17) is 21.3 Å². The normalized spacial score (nSPS) is 13.2. The summed E-state index contributed by atoms with van der Waals surface area (Å²) >= 11 is 7.48. The number of thiazole rings is 1. The maximum absolute atomic E-state index is 14.5. The lowest BCUT2D eigenvalue weighted by Gasteiger charge is -2.28. The highest BCUT2D eigenvalue weighted by Crippen LogP contribution is 2.33. The molecule has 0 unspecified atom stereocenters. The van der Waals surface area contributed by atoms with Crippen molar-refractivity contribution in [1.29, 1.82) is 0 Å². The molecule has 1 aliphatic rings. The highest BCUT2D eigenvalue weighted by Gasteiger charge is 2.27. The van der Waals surface area contributed by atoms with Crippen LogP contribution >= 0.6 is 22.9 Å². The predicted molar refractivity (Wildman–Crippen MR) is 169 cm³/mol. The molecule has 2 aromatic heterocycles. The zero-order valence-electron chi connectivity index (χ0n) is 23.9. The Kier molecular flexibility index (Phi) is 8.76. The number of halogens is 1. The molecule has 212 valence electrons. The molecule has 1 saturated heterocycles. The SMILES string of the molecule is CCOc1ccc(C)cc1-n1c(C=C(C)C)c(C(=O)N2CCCCC2)cc(-c2nc(-c3ccc(Cl)cc3)cs2)c1=O. The number of aryl methyl sites for hydroxylation is 1. The van der Waals surface area contributed by atoms with E-state index in [0.29, 0.717) is 58.0 Å². The molecule has 0 spiro atoms. The van der Waals surface area contributed by atoms with Crippen LogP contribution in [0, 0.1) is 6.92 Å². The highest BCUT2D eigenvalue weighted by atomic mass is 35.5. The van der Waals surface area contributed by atoms with E-state index in [2.05, 4.69) is 0 Å². The number of benzene rings is 2. The summed E-state index contributed by atoms with van der Waals surface area (Å²) in [5.41, 5.74) is 5.37. The fourth-order valence-electron chi connectivity index (χ4n) is 5.11. The monoisotopic (exact) mass is 587 g/mol. The Morgan fingerprint density at radius 3 is 2.49 bits per heavy atom. The number of likely N-dealkylation sites (tertiary alicyclic amines) is 1. The lowest BCUT2D eigenvalue weighted by atomic mass is 10.0. The minimum atomic E-state index is -0.253. The second kappa shape index (κ2) is 12.5. The van der Waals surface area contributed by atoms with Gasteiger partial charge in [-0.05, 0) is 88.9 Å². The topological polar surface area (TPSA) is 64.4 Å². The van der Waals surface area contributed by atoms with Crippen LogP contribution in [-0.4, -0.2) is 40.1 Å². The zero-order valence-corrected chi connectivity index (χ0v) is 25.4. The molecular weight excluding hydrogens is 554 g/mol. The molecule has 0 radical (unpaired) electrons. The second-order valence-electron chi connectivity index (χ2n) is 10.5. The van der Waals surface area contributed by atoms with Crippen LogP contribution < -0.4 is 10.3 Å². The minimum absolute atomic E-state index is 0.0766. The second-order valence-corrected chi connectivity index (χ2v) is 11.8. The van der Waals surface area contributed by atoms with Gasteiger partial charge in [0.15, 0.2) is 0 Å². The molecule has 2 aromatic carbocycles. The number of aromatic nitrogens is 2. The van der Waals surface area contributed by atoms with E-state index in [1.807, 2.05) is 86.5 Å². The molecular formula is C33H34ClN3O3S. The number of carbonyl (C=O) groups is 1. The maximum Gasteiger partial charge on any atom is 0.266 e. The number of nitrogens with zero attached hydrogens (tertiary/aromatic N) is 3. The predicted octanol–water partition coefficient (Wildman–Crippen LogP) is 8.04. The summed E-state index contributed by atoms with van der Waals surface area (Å²) in [6.07, 6.45) is 4.98. The maximum atomic E-state index is 14.5. The van der Waals surface area contributed by atoms with Crippen LogP contribution in [0.2, 0.25) is 5.02 Å². The average molecular weight is 588 g/mol. The van der Waals surface area contributed by atoms with Gasteiger partial charge in [-0.3, -0.25) is 14.2 Å². The summed E-state index contributed by atoms with van der Waals surface area (Å²) < 4.78 is 7.64. The van der Waals surface area contributed by atoms with Crippen molar-refractivity contribution < 1.29 is 9.53 Å². The first-order valence-electron chi connectivity index (χ1n) is 14.0. The molecule has 0 aliphatic carbocycles. The number of allylic oxidation sites excluding steroid dienone is 1. The summed E-state index contributed by atoms with van der Waals surface area (Å²) in [6, 6.07) is 15.0. The first kappa shape index (κ1) is 28.8. The highest BCUT2D eigenvalue weighted by molar-refractivity contribution is 7.13. The van der Waals surface area contributed by atoms with E-state index >= 15 is 0 Å². The van der Waals surface area contributed by atoms with Crippen molar-refractivity contribution in [2.75, 3.05) is 19.7 Å². The molecule has 8 heteroatoms. The van der Waals surface area contributed by atoms with Crippen molar-refractivity contribution in [3.8, 4) is 33.3 Å². The Labute approximate surface area is 249 Å². The molecule has 5 rings (SSSR count). The largest absolute Gasteiger partial charge is 0.492 e. The quantitative estimate of drug-likeness (QED) is 0.219. The number of ether oxygens (including phenoxy) is 1. The van der Waals surface area contributed by atoms with Gasteiger partial charge in [-0.2, -0.15) is 0 Å². The Morgan fingerprint density at radius 1 is 1.07 bits per heavy atom. The molecule has 1 aliphatic heterocycles. The van der Waals surface area contributed by atoms with Crippen molar-refractivity contribution in [2.24, 2.45) is 0 Å². The molecule has 41 heavy (non-hydrogen) atoms. The van der Waals surface area contributed by atoms with Gasteiger partial charge in [0, 0.05) is 29.1 Å². The van der Waals surface area contributed by atoms with Gasteiger partial charge in [-0.25, -0.2) is 4.98 Å². The van der Waals surface area contributed by atoms with Crippen molar-refractivity contribution in [1.82, 2.24) is 14.5 Å².